The van der Waals surface area contributed by atoms with Gasteiger partial charge in [-0.15, -0.1) is 0 Å². The van der Waals surface area contributed by atoms with E-state index in [0.717, 1.165) is 19.1 Å². The fraction of sp³-hybridized carbons (Fsp3) is 1.00. The van der Waals surface area contributed by atoms with E-state index in [0.29, 0.717) is 6.10 Å². The van der Waals surface area contributed by atoms with Gasteiger partial charge in [0.25, 0.3) is 0 Å². The second-order valence-electron chi connectivity index (χ2n) is 4.00. The Hall–Kier alpha value is -0.0800. The van der Waals surface area contributed by atoms with Crippen LogP contribution in [0.3, 0.4) is 0 Å². The predicted molar refractivity (Wildman–Crippen MR) is 42.5 cm³/mol. The summed E-state index contributed by atoms with van der Waals surface area (Å²) >= 11 is 0. The van der Waals surface area contributed by atoms with Gasteiger partial charge in [0.15, 0.2) is 0 Å². The van der Waals surface area contributed by atoms with Crippen LogP contribution in [0.2, 0.25) is 0 Å². The van der Waals surface area contributed by atoms with Gasteiger partial charge in [0, 0.05) is 6.61 Å². The van der Waals surface area contributed by atoms with Crippen molar-refractivity contribution in [3.63, 3.8) is 0 Å². The lowest BCUT2D eigenvalue weighted by atomic mass is 9.85. The molecule has 0 aromatic carbocycles. The Morgan fingerprint density at radius 1 is 1.45 bits per heavy atom. The molecule has 0 radical (unpaired) electrons. The lowest BCUT2D eigenvalue weighted by molar-refractivity contribution is -0.0157. The summed E-state index contributed by atoms with van der Waals surface area (Å²) in [5.74, 6) is 0.742. The number of hydrogen-bond acceptors (Lipinski definition) is 2. The maximum Gasteiger partial charge on any atom is 0.0918 e. The van der Waals surface area contributed by atoms with Crippen LogP contribution in [0, 0.1) is 5.92 Å². The summed E-state index contributed by atoms with van der Waals surface area (Å²) in [5.41, 5.74) is 0.220. The van der Waals surface area contributed by atoms with E-state index in [-0.39, 0.29) is 5.60 Å². The van der Waals surface area contributed by atoms with E-state index < -0.39 is 0 Å². The first-order valence-electron chi connectivity index (χ1n) is 4.46. The van der Waals surface area contributed by atoms with Crippen LogP contribution in [0.4, 0.5) is 0 Å². The van der Waals surface area contributed by atoms with Gasteiger partial charge >= 0.3 is 0 Å². The first-order valence-corrected chi connectivity index (χ1v) is 4.46. The summed E-state index contributed by atoms with van der Waals surface area (Å²) in [4.78, 5) is 0. The molecule has 0 aliphatic carbocycles. The first-order chi connectivity index (χ1) is 5.21. The van der Waals surface area contributed by atoms with Gasteiger partial charge in [-0.05, 0) is 32.6 Å². The minimum Gasteiger partial charge on any atom is -0.378 e. The van der Waals surface area contributed by atoms with Crippen molar-refractivity contribution in [2.75, 3.05) is 13.2 Å². The molecule has 2 heterocycles. The fourth-order valence-electron chi connectivity index (χ4n) is 1.90. The zero-order valence-electron chi connectivity index (χ0n) is 7.30. The van der Waals surface area contributed by atoms with E-state index in [1.54, 1.807) is 0 Å². The summed E-state index contributed by atoms with van der Waals surface area (Å²) in [7, 11) is 0. The van der Waals surface area contributed by atoms with Crippen LogP contribution in [0.1, 0.15) is 26.7 Å². The highest BCUT2D eigenvalue weighted by atomic mass is 16.6. The molecule has 0 saturated carbocycles. The normalized spacial score (nSPS) is 50.7. The highest BCUT2D eigenvalue weighted by molar-refractivity contribution is 4.95. The highest BCUT2D eigenvalue weighted by Crippen LogP contribution is 2.41. The molecule has 2 heteroatoms. The van der Waals surface area contributed by atoms with Crippen LogP contribution in [0.5, 0.6) is 0 Å². The molecule has 2 aliphatic rings. The van der Waals surface area contributed by atoms with Gasteiger partial charge in [-0.25, -0.2) is 0 Å². The van der Waals surface area contributed by atoms with Crippen LogP contribution >= 0.6 is 0 Å². The van der Waals surface area contributed by atoms with E-state index in [1.165, 1.54) is 12.8 Å². The van der Waals surface area contributed by atoms with Crippen LogP contribution in [-0.2, 0) is 9.47 Å². The van der Waals surface area contributed by atoms with Gasteiger partial charge in [0.1, 0.15) is 0 Å². The maximum absolute atomic E-state index is 5.48. The van der Waals surface area contributed by atoms with Crippen molar-refractivity contribution in [2.24, 2.45) is 5.92 Å². The van der Waals surface area contributed by atoms with Gasteiger partial charge < -0.3 is 9.47 Å². The summed E-state index contributed by atoms with van der Waals surface area (Å²) in [5, 5.41) is 0. The number of hydrogen-bond donors (Lipinski definition) is 0. The van der Waals surface area contributed by atoms with Crippen LogP contribution in [0.25, 0.3) is 0 Å². The molecule has 2 fully saturated rings. The summed E-state index contributed by atoms with van der Waals surface area (Å²) in [6, 6.07) is 0. The molecule has 0 amide bonds. The Morgan fingerprint density at radius 2 is 2.18 bits per heavy atom. The molecule has 3 atom stereocenters. The molecule has 11 heavy (non-hydrogen) atoms. The number of rotatable bonds is 1. The molecule has 0 bridgehead atoms. The molecule has 0 N–H and O–H groups in total. The predicted octanol–water partition coefficient (Wildman–Crippen LogP) is 1.59. The molecule has 2 nitrogen and oxygen atoms in total. The van der Waals surface area contributed by atoms with Crippen LogP contribution in [-0.4, -0.2) is 24.9 Å². The SMILES string of the molecule is CC1CC(C2(C)CO2)CCO1. The lowest BCUT2D eigenvalue weighted by Crippen LogP contribution is -2.31. The molecule has 2 rings (SSSR count). The Balaban J connectivity index is 1.93. The molecule has 2 saturated heterocycles. The van der Waals surface area contributed by atoms with Gasteiger partial charge in [-0.1, -0.05) is 0 Å². The quantitative estimate of drug-likeness (QED) is 0.538. The second-order valence-corrected chi connectivity index (χ2v) is 4.00. The largest absolute Gasteiger partial charge is 0.378 e. The number of epoxide rings is 1. The Kier molecular flexibility index (Phi) is 1.69. The van der Waals surface area contributed by atoms with E-state index in [4.69, 9.17) is 9.47 Å². The summed E-state index contributed by atoms with van der Waals surface area (Å²) in [6.45, 7) is 6.25. The van der Waals surface area contributed by atoms with Gasteiger partial charge in [0.2, 0.25) is 0 Å². The summed E-state index contributed by atoms with van der Waals surface area (Å²) in [6.07, 6.45) is 2.80. The van der Waals surface area contributed by atoms with Gasteiger partial charge in [-0.2, -0.15) is 0 Å². The molecule has 2 aliphatic heterocycles. The third kappa shape index (κ3) is 1.42. The smallest absolute Gasteiger partial charge is 0.0918 e. The minimum absolute atomic E-state index is 0.220. The Bertz CT molecular complexity index is 152. The van der Waals surface area contributed by atoms with Crippen molar-refractivity contribution >= 4 is 0 Å². The minimum atomic E-state index is 0.220. The Morgan fingerprint density at radius 3 is 2.73 bits per heavy atom. The van der Waals surface area contributed by atoms with E-state index in [2.05, 4.69) is 13.8 Å². The van der Waals surface area contributed by atoms with E-state index in [1.807, 2.05) is 0 Å². The Labute approximate surface area is 67.9 Å². The van der Waals surface area contributed by atoms with Gasteiger partial charge in [0.05, 0.1) is 18.3 Å². The van der Waals surface area contributed by atoms with Crippen LogP contribution in [0.15, 0.2) is 0 Å². The molecule has 3 unspecified atom stereocenters. The molecule has 0 aromatic heterocycles. The average molecular weight is 156 g/mol. The van der Waals surface area contributed by atoms with Crippen molar-refractivity contribution < 1.29 is 9.47 Å². The van der Waals surface area contributed by atoms with E-state index in [9.17, 15) is 0 Å². The monoisotopic (exact) mass is 156 g/mol. The van der Waals surface area contributed by atoms with Crippen molar-refractivity contribution in [2.45, 2.75) is 38.4 Å². The molecule has 0 spiro atoms. The topological polar surface area (TPSA) is 21.8 Å². The fourth-order valence-corrected chi connectivity index (χ4v) is 1.90. The third-order valence-electron chi connectivity index (χ3n) is 2.95. The first kappa shape index (κ1) is 7.56. The van der Waals surface area contributed by atoms with Crippen molar-refractivity contribution in [1.29, 1.82) is 0 Å². The molecule has 64 valence electrons. The molecular weight excluding hydrogens is 140 g/mol. The molecular formula is C9H16O2. The maximum atomic E-state index is 5.48. The summed E-state index contributed by atoms with van der Waals surface area (Å²) < 4.78 is 10.9. The van der Waals surface area contributed by atoms with Gasteiger partial charge in [-0.3, -0.25) is 0 Å². The van der Waals surface area contributed by atoms with Crippen LogP contribution < -0.4 is 0 Å². The van der Waals surface area contributed by atoms with Crippen molar-refractivity contribution in [1.82, 2.24) is 0 Å². The third-order valence-corrected chi connectivity index (χ3v) is 2.95. The lowest BCUT2D eigenvalue weighted by Gasteiger charge is -2.29. The van der Waals surface area contributed by atoms with E-state index >= 15 is 0 Å². The zero-order chi connectivity index (χ0) is 7.90. The number of ether oxygens (including phenoxy) is 2. The van der Waals surface area contributed by atoms with Crippen molar-refractivity contribution in [3.8, 4) is 0 Å². The zero-order valence-corrected chi connectivity index (χ0v) is 7.30. The molecule has 0 aromatic rings. The second kappa shape index (κ2) is 2.46. The standard InChI is InChI=1S/C9H16O2/c1-7-5-8(3-4-10-7)9(2)6-11-9/h7-8H,3-6H2,1-2H3. The highest BCUT2D eigenvalue weighted by Gasteiger charge is 2.47. The van der Waals surface area contributed by atoms with Crippen molar-refractivity contribution in [3.05, 3.63) is 0 Å². The average Bonchev–Trinajstić information content (AvgIpc) is 2.70.